The van der Waals surface area contributed by atoms with Crippen molar-refractivity contribution in [2.75, 3.05) is 46.0 Å². The Bertz CT molecular complexity index is 573. The van der Waals surface area contributed by atoms with Gasteiger partial charge in [0, 0.05) is 38.8 Å². The summed E-state index contributed by atoms with van der Waals surface area (Å²) in [6.07, 6.45) is 4.86. The van der Waals surface area contributed by atoms with E-state index in [2.05, 4.69) is 57.8 Å². The van der Waals surface area contributed by atoms with Crippen LogP contribution in [0.4, 0.5) is 0 Å². The lowest BCUT2D eigenvalue weighted by molar-refractivity contribution is 0.0200. The summed E-state index contributed by atoms with van der Waals surface area (Å²) in [4.78, 5) is 7.21. The molecule has 1 atom stereocenters. The third-order valence-electron chi connectivity index (χ3n) is 5.35. The molecule has 2 aliphatic heterocycles. The Balaban J connectivity index is 0.00000300. The smallest absolute Gasteiger partial charge is 0.191 e. The summed E-state index contributed by atoms with van der Waals surface area (Å²) >= 11 is 0. The summed E-state index contributed by atoms with van der Waals surface area (Å²) in [5.74, 6) is 0.907. The first-order chi connectivity index (χ1) is 13.8. The van der Waals surface area contributed by atoms with Gasteiger partial charge < -0.3 is 20.1 Å². The van der Waals surface area contributed by atoms with Gasteiger partial charge in [-0.25, -0.2) is 0 Å². The van der Waals surface area contributed by atoms with E-state index in [-0.39, 0.29) is 30.1 Å². The van der Waals surface area contributed by atoms with Crippen LogP contribution in [0.1, 0.15) is 38.2 Å². The van der Waals surface area contributed by atoms with Crippen molar-refractivity contribution >= 4 is 29.9 Å². The second kappa shape index (κ2) is 14.2. The number of hydrogen-bond donors (Lipinski definition) is 2. The summed E-state index contributed by atoms with van der Waals surface area (Å²) in [7, 11) is 0. The van der Waals surface area contributed by atoms with E-state index in [0.717, 1.165) is 64.4 Å². The number of ether oxygens (including phenoxy) is 2. The van der Waals surface area contributed by atoms with Crippen LogP contribution in [0, 0.1) is 0 Å². The van der Waals surface area contributed by atoms with E-state index in [0.29, 0.717) is 25.8 Å². The molecule has 0 spiro atoms. The van der Waals surface area contributed by atoms with Crippen LogP contribution in [-0.4, -0.2) is 69.0 Å². The number of rotatable bonds is 9. The molecule has 0 aromatic heterocycles. The molecule has 0 radical (unpaired) electrons. The van der Waals surface area contributed by atoms with Crippen molar-refractivity contribution in [1.82, 2.24) is 15.5 Å². The quantitative estimate of drug-likeness (QED) is 0.229. The molecule has 1 aromatic carbocycles. The van der Waals surface area contributed by atoms with Gasteiger partial charge in [-0.3, -0.25) is 9.89 Å². The lowest BCUT2D eigenvalue weighted by Crippen LogP contribution is -2.48. The van der Waals surface area contributed by atoms with Crippen molar-refractivity contribution in [3.8, 4) is 0 Å². The van der Waals surface area contributed by atoms with Crippen molar-refractivity contribution in [1.29, 1.82) is 0 Å². The second-order valence-corrected chi connectivity index (χ2v) is 7.65. The predicted octanol–water partition coefficient (Wildman–Crippen LogP) is 3.02. The first kappa shape index (κ1) is 24.4. The van der Waals surface area contributed by atoms with Gasteiger partial charge in [0.15, 0.2) is 5.96 Å². The van der Waals surface area contributed by atoms with Crippen LogP contribution in [0.2, 0.25) is 0 Å². The highest BCUT2D eigenvalue weighted by atomic mass is 127. The molecule has 2 N–H and O–H groups in total. The van der Waals surface area contributed by atoms with Crippen LogP contribution in [0.5, 0.6) is 0 Å². The number of nitrogens with zero attached hydrogens (tertiary/aromatic N) is 2. The number of nitrogens with one attached hydrogen (secondary N) is 2. The van der Waals surface area contributed by atoms with E-state index < -0.39 is 0 Å². The van der Waals surface area contributed by atoms with Gasteiger partial charge in [-0.1, -0.05) is 30.3 Å². The van der Waals surface area contributed by atoms with Gasteiger partial charge in [-0.15, -0.1) is 24.0 Å². The van der Waals surface area contributed by atoms with Crippen molar-refractivity contribution in [3.05, 3.63) is 35.9 Å². The van der Waals surface area contributed by atoms with Crippen LogP contribution in [0.3, 0.4) is 0 Å². The Labute approximate surface area is 192 Å². The molecule has 1 unspecified atom stereocenters. The normalized spacial score (nSPS) is 21.0. The first-order valence-corrected chi connectivity index (χ1v) is 10.8. The van der Waals surface area contributed by atoms with Gasteiger partial charge in [0.2, 0.25) is 0 Å². The number of guanidine groups is 1. The van der Waals surface area contributed by atoms with Gasteiger partial charge in [0.25, 0.3) is 0 Å². The summed E-state index contributed by atoms with van der Waals surface area (Å²) in [5, 5.41) is 6.96. The average molecular weight is 516 g/mol. The Morgan fingerprint density at radius 3 is 2.69 bits per heavy atom. The third kappa shape index (κ3) is 9.19. The molecule has 2 aliphatic rings. The standard InChI is InChI=1S/C22H36N4O2.HI/c1-2-23-22(24-12-16-27-18-21-9-6-15-28-21)25-20-10-13-26(14-11-20)17-19-7-4-3-5-8-19;/h3-5,7-8,20-21H,2,6,9-18H2,1H3,(H2,23,24,25);1H. The fourth-order valence-electron chi connectivity index (χ4n) is 3.80. The molecule has 1 aromatic rings. The average Bonchev–Trinajstić information content (AvgIpc) is 3.24. The summed E-state index contributed by atoms with van der Waals surface area (Å²) in [6.45, 7) is 9.16. The molecule has 0 bridgehead atoms. The van der Waals surface area contributed by atoms with Crippen LogP contribution >= 0.6 is 24.0 Å². The van der Waals surface area contributed by atoms with Crippen molar-refractivity contribution in [2.24, 2.45) is 4.99 Å². The number of halogens is 1. The van der Waals surface area contributed by atoms with E-state index in [1.165, 1.54) is 5.56 Å². The molecule has 164 valence electrons. The van der Waals surface area contributed by atoms with E-state index >= 15 is 0 Å². The van der Waals surface area contributed by atoms with Gasteiger partial charge in [0.1, 0.15) is 0 Å². The third-order valence-corrected chi connectivity index (χ3v) is 5.35. The molecule has 6 nitrogen and oxygen atoms in total. The number of likely N-dealkylation sites (tertiary alicyclic amines) is 1. The zero-order chi connectivity index (χ0) is 19.4. The lowest BCUT2D eigenvalue weighted by atomic mass is 10.0. The Hall–Kier alpha value is -0.900. The summed E-state index contributed by atoms with van der Waals surface area (Å²) in [5.41, 5.74) is 1.40. The topological polar surface area (TPSA) is 58.1 Å². The number of aliphatic imine (C=N–C) groups is 1. The molecule has 0 saturated carbocycles. The van der Waals surface area contributed by atoms with Gasteiger partial charge in [0.05, 0.1) is 25.9 Å². The van der Waals surface area contributed by atoms with Crippen LogP contribution in [-0.2, 0) is 16.0 Å². The van der Waals surface area contributed by atoms with Gasteiger partial charge >= 0.3 is 0 Å². The fraction of sp³-hybridized carbons (Fsp3) is 0.682. The van der Waals surface area contributed by atoms with E-state index in [1.54, 1.807) is 0 Å². The molecule has 7 heteroatoms. The largest absolute Gasteiger partial charge is 0.377 e. The molecule has 0 amide bonds. The van der Waals surface area contributed by atoms with Crippen LogP contribution in [0.25, 0.3) is 0 Å². The molecule has 0 aliphatic carbocycles. The minimum Gasteiger partial charge on any atom is -0.377 e. The maximum absolute atomic E-state index is 5.71. The maximum atomic E-state index is 5.71. The van der Waals surface area contributed by atoms with Crippen molar-refractivity contribution in [3.63, 3.8) is 0 Å². The zero-order valence-electron chi connectivity index (χ0n) is 17.6. The SMILES string of the molecule is CCNC(=NCCOCC1CCCO1)NC1CCN(Cc2ccccc2)CC1.I. The molecular formula is C22H37IN4O2. The zero-order valence-corrected chi connectivity index (χ0v) is 20.0. The molecule has 2 fully saturated rings. The highest BCUT2D eigenvalue weighted by Gasteiger charge is 2.20. The minimum atomic E-state index is 0. The van der Waals surface area contributed by atoms with Gasteiger partial charge in [-0.2, -0.15) is 0 Å². The summed E-state index contributed by atoms with van der Waals surface area (Å²) in [6, 6.07) is 11.2. The molecule has 2 heterocycles. The molecule has 3 rings (SSSR count). The van der Waals surface area contributed by atoms with Crippen molar-refractivity contribution in [2.45, 2.75) is 51.3 Å². The fourth-order valence-corrected chi connectivity index (χ4v) is 3.80. The Morgan fingerprint density at radius 1 is 1.21 bits per heavy atom. The molecular weight excluding hydrogens is 479 g/mol. The monoisotopic (exact) mass is 516 g/mol. The molecule has 29 heavy (non-hydrogen) atoms. The van der Waals surface area contributed by atoms with Crippen molar-refractivity contribution < 1.29 is 9.47 Å². The number of piperidine rings is 1. The first-order valence-electron chi connectivity index (χ1n) is 10.8. The summed E-state index contributed by atoms with van der Waals surface area (Å²) < 4.78 is 11.3. The number of hydrogen-bond acceptors (Lipinski definition) is 4. The molecule has 2 saturated heterocycles. The van der Waals surface area contributed by atoms with Crippen LogP contribution in [0.15, 0.2) is 35.3 Å². The van der Waals surface area contributed by atoms with E-state index in [1.807, 2.05) is 0 Å². The minimum absolute atomic E-state index is 0. The van der Waals surface area contributed by atoms with Crippen LogP contribution < -0.4 is 10.6 Å². The lowest BCUT2D eigenvalue weighted by Gasteiger charge is -2.33. The maximum Gasteiger partial charge on any atom is 0.191 e. The van der Waals surface area contributed by atoms with E-state index in [4.69, 9.17) is 9.47 Å². The highest BCUT2D eigenvalue weighted by Crippen LogP contribution is 2.14. The Kier molecular flexibility index (Phi) is 11.9. The highest BCUT2D eigenvalue weighted by molar-refractivity contribution is 14.0. The van der Waals surface area contributed by atoms with E-state index in [9.17, 15) is 0 Å². The Morgan fingerprint density at radius 2 is 2.00 bits per heavy atom. The predicted molar refractivity (Wildman–Crippen MR) is 129 cm³/mol. The van der Waals surface area contributed by atoms with Gasteiger partial charge in [-0.05, 0) is 38.2 Å². The second-order valence-electron chi connectivity index (χ2n) is 7.65. The number of benzene rings is 1.